The highest BCUT2D eigenvalue weighted by atomic mass is 16.5. The lowest BCUT2D eigenvalue weighted by Crippen LogP contribution is -2.20. The SMILES string of the molecule is CNc1ccc(OCCN(C)C)c(C(=O)O)c1. The fourth-order valence-corrected chi connectivity index (χ4v) is 1.32. The number of ether oxygens (including phenoxy) is 1. The van der Waals surface area contributed by atoms with Gasteiger partial charge in [0.1, 0.15) is 17.9 Å². The van der Waals surface area contributed by atoms with Crippen molar-refractivity contribution in [3.8, 4) is 5.75 Å². The molecule has 17 heavy (non-hydrogen) atoms. The smallest absolute Gasteiger partial charge is 0.339 e. The monoisotopic (exact) mass is 238 g/mol. The molecule has 1 aromatic carbocycles. The first-order valence-electron chi connectivity index (χ1n) is 5.37. The van der Waals surface area contributed by atoms with Crippen LogP contribution in [0.15, 0.2) is 18.2 Å². The normalized spacial score (nSPS) is 10.4. The Balaban J connectivity index is 2.80. The number of likely N-dealkylation sites (N-methyl/N-ethyl adjacent to an activating group) is 1. The first kappa shape index (κ1) is 13.3. The first-order valence-corrected chi connectivity index (χ1v) is 5.37. The third-order valence-electron chi connectivity index (χ3n) is 2.29. The van der Waals surface area contributed by atoms with Crippen LogP contribution in [0.25, 0.3) is 0 Å². The third-order valence-corrected chi connectivity index (χ3v) is 2.29. The number of rotatable bonds is 6. The van der Waals surface area contributed by atoms with E-state index >= 15 is 0 Å². The van der Waals surface area contributed by atoms with Crippen LogP contribution >= 0.6 is 0 Å². The average Bonchev–Trinajstić information content (AvgIpc) is 2.28. The summed E-state index contributed by atoms with van der Waals surface area (Å²) in [6, 6.07) is 5.02. The number of nitrogens with zero attached hydrogens (tertiary/aromatic N) is 1. The van der Waals surface area contributed by atoms with E-state index in [1.807, 2.05) is 19.0 Å². The highest BCUT2D eigenvalue weighted by molar-refractivity contribution is 5.92. The number of hydrogen-bond donors (Lipinski definition) is 2. The molecular weight excluding hydrogens is 220 g/mol. The fraction of sp³-hybridized carbons (Fsp3) is 0.417. The van der Waals surface area contributed by atoms with Gasteiger partial charge in [0.05, 0.1) is 0 Å². The highest BCUT2D eigenvalue weighted by Gasteiger charge is 2.12. The van der Waals surface area contributed by atoms with Crippen LogP contribution in [0, 0.1) is 0 Å². The molecule has 0 radical (unpaired) electrons. The Bertz CT molecular complexity index is 391. The minimum atomic E-state index is -0.984. The summed E-state index contributed by atoms with van der Waals surface area (Å²) in [5, 5.41) is 12.0. The number of anilines is 1. The van der Waals surface area contributed by atoms with Gasteiger partial charge in [-0.05, 0) is 32.3 Å². The summed E-state index contributed by atoms with van der Waals surface area (Å²) in [7, 11) is 5.62. The zero-order valence-electron chi connectivity index (χ0n) is 10.4. The molecule has 0 unspecified atom stereocenters. The van der Waals surface area contributed by atoms with Gasteiger partial charge in [0.2, 0.25) is 0 Å². The molecule has 0 aliphatic heterocycles. The first-order chi connectivity index (χ1) is 8.04. The molecule has 0 fully saturated rings. The summed E-state index contributed by atoms with van der Waals surface area (Å²) in [6.45, 7) is 1.21. The Morgan fingerprint density at radius 2 is 2.18 bits per heavy atom. The summed E-state index contributed by atoms with van der Waals surface area (Å²) in [5.74, 6) is -0.583. The molecule has 0 bridgehead atoms. The van der Waals surface area contributed by atoms with Gasteiger partial charge in [0.15, 0.2) is 0 Å². The molecule has 1 rings (SSSR count). The van der Waals surface area contributed by atoms with Crippen LogP contribution in [-0.4, -0.2) is 50.3 Å². The van der Waals surface area contributed by atoms with Gasteiger partial charge >= 0.3 is 5.97 Å². The van der Waals surface area contributed by atoms with Crippen LogP contribution in [0.5, 0.6) is 5.75 Å². The van der Waals surface area contributed by atoms with Gasteiger partial charge < -0.3 is 20.1 Å². The van der Waals surface area contributed by atoms with Crippen molar-refractivity contribution >= 4 is 11.7 Å². The van der Waals surface area contributed by atoms with Crippen LogP contribution in [0.1, 0.15) is 10.4 Å². The molecule has 0 aliphatic rings. The summed E-state index contributed by atoms with van der Waals surface area (Å²) in [6.07, 6.45) is 0. The molecule has 5 nitrogen and oxygen atoms in total. The molecule has 0 aliphatic carbocycles. The standard InChI is InChI=1S/C12H18N2O3/c1-13-9-4-5-11(10(8-9)12(15)16)17-7-6-14(2)3/h4-5,8,13H,6-7H2,1-3H3,(H,15,16). The molecule has 0 saturated heterocycles. The molecule has 1 aromatic rings. The summed E-state index contributed by atoms with van der Waals surface area (Å²) < 4.78 is 5.46. The predicted octanol–water partition coefficient (Wildman–Crippen LogP) is 1.37. The lowest BCUT2D eigenvalue weighted by atomic mass is 10.2. The topological polar surface area (TPSA) is 61.8 Å². The van der Waals surface area contributed by atoms with E-state index in [1.54, 1.807) is 25.2 Å². The summed E-state index contributed by atoms with van der Waals surface area (Å²) in [5.41, 5.74) is 0.929. The van der Waals surface area contributed by atoms with Crippen molar-refractivity contribution in [1.29, 1.82) is 0 Å². The van der Waals surface area contributed by atoms with E-state index in [1.165, 1.54) is 0 Å². The number of carbonyl (C=O) groups is 1. The van der Waals surface area contributed by atoms with E-state index in [2.05, 4.69) is 5.32 Å². The van der Waals surface area contributed by atoms with E-state index in [0.717, 1.165) is 12.2 Å². The van der Waals surface area contributed by atoms with Crippen LogP contribution in [-0.2, 0) is 0 Å². The van der Waals surface area contributed by atoms with Crippen molar-refractivity contribution < 1.29 is 14.6 Å². The zero-order chi connectivity index (χ0) is 12.8. The summed E-state index contributed by atoms with van der Waals surface area (Å²) >= 11 is 0. The van der Waals surface area contributed by atoms with Gasteiger partial charge in [-0.3, -0.25) is 0 Å². The highest BCUT2D eigenvalue weighted by Crippen LogP contribution is 2.22. The molecule has 5 heteroatoms. The molecule has 94 valence electrons. The maximum Gasteiger partial charge on any atom is 0.339 e. The third kappa shape index (κ3) is 3.96. The van der Waals surface area contributed by atoms with Crippen LogP contribution < -0.4 is 10.1 Å². The minimum absolute atomic E-state index is 0.176. The Morgan fingerprint density at radius 1 is 1.47 bits per heavy atom. The lowest BCUT2D eigenvalue weighted by Gasteiger charge is -2.13. The van der Waals surface area contributed by atoms with E-state index < -0.39 is 5.97 Å². The lowest BCUT2D eigenvalue weighted by molar-refractivity contribution is 0.0692. The van der Waals surface area contributed by atoms with Crippen molar-refractivity contribution in [2.45, 2.75) is 0 Å². The number of benzene rings is 1. The van der Waals surface area contributed by atoms with Gasteiger partial charge in [-0.2, -0.15) is 0 Å². The van der Waals surface area contributed by atoms with E-state index in [4.69, 9.17) is 9.84 Å². The van der Waals surface area contributed by atoms with Crippen LogP contribution in [0.3, 0.4) is 0 Å². The second kappa shape index (κ2) is 6.10. The molecule has 0 saturated carbocycles. The number of nitrogens with one attached hydrogen (secondary N) is 1. The zero-order valence-corrected chi connectivity index (χ0v) is 10.4. The van der Waals surface area contributed by atoms with E-state index in [0.29, 0.717) is 12.4 Å². The molecule has 0 aromatic heterocycles. The van der Waals surface area contributed by atoms with Crippen LogP contribution in [0.4, 0.5) is 5.69 Å². The molecular formula is C12H18N2O3. The Hall–Kier alpha value is -1.75. The van der Waals surface area contributed by atoms with Gasteiger partial charge in [-0.25, -0.2) is 4.79 Å². The molecule has 0 spiro atoms. The largest absolute Gasteiger partial charge is 0.491 e. The van der Waals surface area contributed by atoms with E-state index in [-0.39, 0.29) is 5.56 Å². The van der Waals surface area contributed by atoms with Gasteiger partial charge in [-0.15, -0.1) is 0 Å². The minimum Gasteiger partial charge on any atom is -0.491 e. The van der Waals surface area contributed by atoms with Crippen LogP contribution in [0.2, 0.25) is 0 Å². The number of carboxylic acids is 1. The second-order valence-corrected chi connectivity index (χ2v) is 3.92. The van der Waals surface area contributed by atoms with Crippen molar-refractivity contribution in [1.82, 2.24) is 4.90 Å². The summed E-state index contributed by atoms with van der Waals surface area (Å²) in [4.78, 5) is 13.0. The second-order valence-electron chi connectivity index (χ2n) is 3.92. The maximum atomic E-state index is 11.1. The Kier molecular flexibility index (Phi) is 4.78. The molecule has 0 amide bonds. The fourth-order valence-electron chi connectivity index (χ4n) is 1.32. The van der Waals surface area contributed by atoms with Crippen molar-refractivity contribution in [3.63, 3.8) is 0 Å². The molecule has 0 heterocycles. The van der Waals surface area contributed by atoms with Crippen molar-refractivity contribution in [2.75, 3.05) is 39.6 Å². The maximum absolute atomic E-state index is 11.1. The van der Waals surface area contributed by atoms with Gasteiger partial charge in [0.25, 0.3) is 0 Å². The molecule has 2 N–H and O–H groups in total. The van der Waals surface area contributed by atoms with Crippen molar-refractivity contribution in [2.24, 2.45) is 0 Å². The Labute approximate surface area is 101 Å². The molecule has 0 atom stereocenters. The Morgan fingerprint density at radius 3 is 2.71 bits per heavy atom. The van der Waals surface area contributed by atoms with E-state index in [9.17, 15) is 4.79 Å². The van der Waals surface area contributed by atoms with Gasteiger partial charge in [0, 0.05) is 19.3 Å². The number of hydrogen-bond acceptors (Lipinski definition) is 4. The average molecular weight is 238 g/mol. The quantitative estimate of drug-likeness (QED) is 0.783. The van der Waals surface area contributed by atoms with Crippen molar-refractivity contribution in [3.05, 3.63) is 23.8 Å². The number of aromatic carboxylic acids is 1. The predicted molar refractivity (Wildman–Crippen MR) is 67.0 cm³/mol. The van der Waals surface area contributed by atoms with Gasteiger partial charge in [-0.1, -0.05) is 0 Å². The number of carboxylic acid groups (broad SMARTS) is 1.